The molecule has 2 aromatic rings. The quantitative estimate of drug-likeness (QED) is 0.839. The third kappa shape index (κ3) is 3.38. The van der Waals surface area contributed by atoms with Crippen molar-refractivity contribution in [2.75, 3.05) is 5.32 Å². The Morgan fingerprint density at radius 2 is 1.89 bits per heavy atom. The van der Waals surface area contributed by atoms with Crippen molar-refractivity contribution in [3.63, 3.8) is 0 Å². The normalized spacial score (nSPS) is 22.1. The molecule has 0 amide bonds. The maximum absolute atomic E-state index is 13.4. The Balaban J connectivity index is 1.61. The predicted octanol–water partition coefficient (Wildman–Crippen LogP) is 2.61. The van der Waals surface area contributed by atoms with Gasteiger partial charge in [-0.1, -0.05) is 0 Å². The highest BCUT2D eigenvalue weighted by Gasteiger charge is 2.38. The molecular formula is C18H19F3N4O2. The zero-order valence-corrected chi connectivity index (χ0v) is 14.5. The number of H-pyrrole nitrogens is 1. The van der Waals surface area contributed by atoms with Gasteiger partial charge < -0.3 is 5.32 Å². The van der Waals surface area contributed by atoms with E-state index < -0.39 is 23.0 Å². The molecule has 0 bridgehead atoms. The SMILES string of the molecule is O=c1[nH]c2c(c(=O)n1-c1ccc(F)cn1)CC[C@H](C1CCC(F)(F)CC1)N2. The summed E-state index contributed by atoms with van der Waals surface area (Å²) in [5, 5.41) is 3.17. The summed E-state index contributed by atoms with van der Waals surface area (Å²) in [7, 11) is 0. The van der Waals surface area contributed by atoms with Gasteiger partial charge in [0.1, 0.15) is 17.5 Å². The van der Waals surface area contributed by atoms with E-state index in [-0.39, 0.29) is 30.6 Å². The first-order chi connectivity index (χ1) is 12.8. The van der Waals surface area contributed by atoms with Gasteiger partial charge in [-0.15, -0.1) is 0 Å². The first kappa shape index (κ1) is 17.8. The minimum absolute atomic E-state index is 0.0436. The number of halogens is 3. The molecule has 1 aliphatic carbocycles. The number of anilines is 1. The predicted molar refractivity (Wildman–Crippen MR) is 93.0 cm³/mol. The molecule has 1 atom stereocenters. The fourth-order valence-corrected chi connectivity index (χ4v) is 4.01. The number of pyridine rings is 1. The lowest BCUT2D eigenvalue weighted by Crippen LogP contribution is -2.43. The van der Waals surface area contributed by atoms with Crippen LogP contribution in [0.5, 0.6) is 0 Å². The van der Waals surface area contributed by atoms with Crippen LogP contribution in [0.25, 0.3) is 5.82 Å². The van der Waals surface area contributed by atoms with E-state index in [0.717, 1.165) is 16.8 Å². The number of nitrogens with one attached hydrogen (secondary N) is 2. The molecule has 1 aliphatic heterocycles. The Kier molecular flexibility index (Phi) is 4.32. The second-order valence-electron chi connectivity index (χ2n) is 7.24. The Morgan fingerprint density at radius 3 is 2.56 bits per heavy atom. The van der Waals surface area contributed by atoms with E-state index >= 15 is 0 Å². The first-order valence-corrected chi connectivity index (χ1v) is 8.98. The highest BCUT2D eigenvalue weighted by molar-refractivity contribution is 5.47. The lowest BCUT2D eigenvalue weighted by Gasteiger charge is -2.37. The number of hydrogen-bond acceptors (Lipinski definition) is 4. The average Bonchev–Trinajstić information content (AvgIpc) is 2.63. The van der Waals surface area contributed by atoms with Crippen molar-refractivity contribution in [1.29, 1.82) is 0 Å². The van der Waals surface area contributed by atoms with E-state index in [9.17, 15) is 22.8 Å². The Bertz CT molecular complexity index is 958. The van der Waals surface area contributed by atoms with Crippen LogP contribution in [0.15, 0.2) is 27.9 Å². The minimum Gasteiger partial charge on any atom is -0.368 e. The van der Waals surface area contributed by atoms with E-state index in [0.29, 0.717) is 37.1 Å². The Labute approximate surface area is 152 Å². The van der Waals surface area contributed by atoms with Gasteiger partial charge in [-0.25, -0.2) is 27.5 Å². The first-order valence-electron chi connectivity index (χ1n) is 8.98. The van der Waals surface area contributed by atoms with Gasteiger partial charge in [-0.3, -0.25) is 9.78 Å². The molecule has 0 aromatic carbocycles. The lowest BCUT2D eigenvalue weighted by molar-refractivity contribution is -0.0478. The number of rotatable bonds is 2. The van der Waals surface area contributed by atoms with E-state index in [1.54, 1.807) is 0 Å². The number of nitrogens with zero attached hydrogens (tertiary/aromatic N) is 2. The number of fused-ring (bicyclic) bond motifs is 1. The zero-order chi connectivity index (χ0) is 19.2. The van der Waals surface area contributed by atoms with Gasteiger partial charge in [0.2, 0.25) is 5.92 Å². The largest absolute Gasteiger partial charge is 0.368 e. The van der Waals surface area contributed by atoms with Crippen LogP contribution in [-0.2, 0) is 6.42 Å². The highest BCUT2D eigenvalue weighted by atomic mass is 19.3. The van der Waals surface area contributed by atoms with Gasteiger partial charge in [-0.2, -0.15) is 0 Å². The number of aromatic nitrogens is 3. The molecule has 144 valence electrons. The molecule has 9 heteroatoms. The lowest BCUT2D eigenvalue weighted by atomic mass is 9.79. The third-order valence-electron chi connectivity index (χ3n) is 5.50. The molecule has 27 heavy (non-hydrogen) atoms. The molecule has 0 spiro atoms. The van der Waals surface area contributed by atoms with Crippen LogP contribution in [0.3, 0.4) is 0 Å². The van der Waals surface area contributed by atoms with E-state index in [2.05, 4.69) is 15.3 Å². The summed E-state index contributed by atoms with van der Waals surface area (Å²) in [4.78, 5) is 31.6. The van der Waals surface area contributed by atoms with Crippen molar-refractivity contribution >= 4 is 5.82 Å². The summed E-state index contributed by atoms with van der Waals surface area (Å²) >= 11 is 0. The van der Waals surface area contributed by atoms with E-state index in [4.69, 9.17) is 0 Å². The molecular weight excluding hydrogens is 361 g/mol. The summed E-state index contributed by atoms with van der Waals surface area (Å²) in [5.41, 5.74) is -0.770. The van der Waals surface area contributed by atoms with Gasteiger partial charge >= 0.3 is 5.69 Å². The van der Waals surface area contributed by atoms with Crippen molar-refractivity contribution in [2.45, 2.75) is 50.5 Å². The fourth-order valence-electron chi connectivity index (χ4n) is 4.01. The van der Waals surface area contributed by atoms with Gasteiger partial charge in [0.15, 0.2) is 0 Å². The monoisotopic (exact) mass is 380 g/mol. The van der Waals surface area contributed by atoms with Crippen LogP contribution in [-0.4, -0.2) is 26.5 Å². The van der Waals surface area contributed by atoms with Gasteiger partial charge in [0.25, 0.3) is 5.56 Å². The molecule has 1 saturated carbocycles. The molecule has 6 nitrogen and oxygen atoms in total. The van der Waals surface area contributed by atoms with Crippen molar-refractivity contribution in [2.24, 2.45) is 5.92 Å². The topological polar surface area (TPSA) is 79.8 Å². The third-order valence-corrected chi connectivity index (χ3v) is 5.50. The number of aromatic amines is 1. The molecule has 1 fully saturated rings. The van der Waals surface area contributed by atoms with Crippen molar-refractivity contribution in [3.05, 3.63) is 50.5 Å². The fraction of sp³-hybridized carbons (Fsp3) is 0.500. The Morgan fingerprint density at radius 1 is 1.15 bits per heavy atom. The van der Waals surface area contributed by atoms with Crippen molar-refractivity contribution in [3.8, 4) is 5.82 Å². The van der Waals surface area contributed by atoms with Crippen LogP contribution in [0, 0.1) is 11.7 Å². The van der Waals surface area contributed by atoms with Crippen molar-refractivity contribution in [1.82, 2.24) is 14.5 Å². The molecule has 4 rings (SSSR count). The number of hydrogen-bond donors (Lipinski definition) is 2. The van der Waals surface area contributed by atoms with E-state index in [1.807, 2.05) is 0 Å². The molecule has 0 radical (unpaired) electrons. The zero-order valence-electron chi connectivity index (χ0n) is 14.5. The molecule has 0 saturated heterocycles. The molecule has 3 heterocycles. The summed E-state index contributed by atoms with van der Waals surface area (Å²) in [6, 6.07) is 2.34. The highest BCUT2D eigenvalue weighted by Crippen LogP contribution is 2.39. The van der Waals surface area contributed by atoms with Gasteiger partial charge in [0.05, 0.1) is 11.8 Å². The molecule has 0 unspecified atom stereocenters. The molecule has 2 aliphatic rings. The van der Waals surface area contributed by atoms with Crippen LogP contribution in [0.4, 0.5) is 19.0 Å². The summed E-state index contributed by atoms with van der Waals surface area (Å²) < 4.78 is 40.7. The van der Waals surface area contributed by atoms with Crippen LogP contribution in [0.2, 0.25) is 0 Å². The average molecular weight is 380 g/mol. The van der Waals surface area contributed by atoms with Gasteiger partial charge in [0, 0.05) is 18.9 Å². The van der Waals surface area contributed by atoms with Gasteiger partial charge in [-0.05, 0) is 43.7 Å². The van der Waals surface area contributed by atoms with Crippen molar-refractivity contribution < 1.29 is 13.2 Å². The van der Waals surface area contributed by atoms with Crippen LogP contribution < -0.4 is 16.6 Å². The number of alkyl halides is 2. The smallest absolute Gasteiger partial charge is 0.335 e. The van der Waals surface area contributed by atoms with E-state index in [1.165, 1.54) is 6.07 Å². The summed E-state index contributed by atoms with van der Waals surface area (Å²) in [6.07, 6.45) is 2.57. The maximum atomic E-state index is 13.4. The van der Waals surface area contributed by atoms with Crippen LogP contribution >= 0.6 is 0 Å². The summed E-state index contributed by atoms with van der Waals surface area (Å²) in [6.45, 7) is 0. The second-order valence-corrected chi connectivity index (χ2v) is 7.24. The standard InChI is InChI=1S/C18H19F3N4O2/c19-11-1-4-14(22-9-11)25-16(26)12-2-3-13(23-15(12)24-17(25)27)10-5-7-18(20,21)8-6-10/h1,4,9-10,13,23H,2-3,5-8H2,(H,24,27)/t13-/m1/s1. The van der Waals surface area contributed by atoms with Crippen LogP contribution in [0.1, 0.15) is 37.7 Å². The maximum Gasteiger partial charge on any atom is 0.335 e. The summed E-state index contributed by atoms with van der Waals surface area (Å²) in [5.74, 6) is -2.68. The second kappa shape index (κ2) is 6.54. The molecule has 2 aromatic heterocycles. The Hall–Kier alpha value is -2.58. The molecule has 2 N–H and O–H groups in total. The minimum atomic E-state index is -2.59.